The maximum absolute atomic E-state index is 11.1. The van der Waals surface area contributed by atoms with E-state index in [-0.39, 0.29) is 25.6 Å². The molecule has 3 N–H and O–H groups in total. The molecule has 0 aliphatic carbocycles. The maximum atomic E-state index is 11.1. The molecule has 0 amide bonds. The number of hydrogen-bond donors (Lipinski definition) is 1. The van der Waals surface area contributed by atoms with Crippen molar-refractivity contribution in [3.05, 3.63) is 0 Å². The molecule has 41 heavy (non-hydrogen) atoms. The summed E-state index contributed by atoms with van der Waals surface area (Å²) in [5.74, 6) is 0. The van der Waals surface area contributed by atoms with Crippen molar-refractivity contribution in [3.8, 4) is 0 Å². The molecule has 0 bridgehead atoms. The Kier molecular flexibility index (Phi) is 36.5. The standard InChI is InChI=1S/2C7H18N2O.C2H3F3O3S.C2H6.CHF3O3S.CH4.H2O/c2*1-6-10-7(8(2)3)9(4)5;1-8-9(6,7)2(3,4)5;1-2;2-1(3,4)8(5,6)7;;/h2*7H,6H2,1-5H3;1H3;1-2H3;(H,5,6,7);1H4;1H2. The largest absolute Gasteiger partial charge is 0.523 e. The van der Waals surface area contributed by atoms with Gasteiger partial charge in [-0.1, -0.05) is 21.3 Å². The van der Waals surface area contributed by atoms with Crippen LogP contribution in [-0.4, -0.2) is 147 Å². The molecule has 0 atom stereocenters. The van der Waals surface area contributed by atoms with E-state index in [4.69, 9.17) is 22.4 Å². The zero-order valence-corrected chi connectivity index (χ0v) is 26.9. The highest BCUT2D eigenvalue weighted by atomic mass is 32.2. The predicted octanol–water partition coefficient (Wildman–Crippen LogP) is 2.57. The fourth-order valence-electron chi connectivity index (χ4n) is 1.91. The summed E-state index contributed by atoms with van der Waals surface area (Å²) in [5, 5.41) is 0. The molecule has 0 aliphatic heterocycles. The lowest BCUT2D eigenvalue weighted by atomic mass is 10.7. The van der Waals surface area contributed by atoms with Gasteiger partial charge in [-0.2, -0.15) is 43.2 Å². The van der Waals surface area contributed by atoms with E-state index in [9.17, 15) is 34.8 Å². The molecule has 0 aliphatic rings. The van der Waals surface area contributed by atoms with Crippen LogP contribution in [0.4, 0.5) is 26.3 Å². The molecular weight excluding hydrogens is 618 g/mol. The molecule has 260 valence electrons. The van der Waals surface area contributed by atoms with Gasteiger partial charge in [-0.3, -0.25) is 28.3 Å². The average Bonchev–Trinajstić information content (AvgIpc) is 2.75. The summed E-state index contributed by atoms with van der Waals surface area (Å²) in [6, 6.07) is 0. The molecular formula is C20H52F6N4O9S2. The summed E-state index contributed by atoms with van der Waals surface area (Å²) in [4.78, 5) is 8.12. The lowest BCUT2D eigenvalue weighted by Gasteiger charge is -2.29. The van der Waals surface area contributed by atoms with Crippen molar-refractivity contribution in [2.75, 3.05) is 76.7 Å². The highest BCUT2D eigenvalue weighted by Gasteiger charge is 2.46. The second kappa shape index (κ2) is 26.7. The fraction of sp³-hybridized carbons (Fsp3) is 1.00. The van der Waals surface area contributed by atoms with Crippen molar-refractivity contribution in [2.24, 2.45) is 0 Å². The minimum atomic E-state index is -5.84. The van der Waals surface area contributed by atoms with Crippen molar-refractivity contribution in [3.63, 3.8) is 0 Å². The summed E-state index contributed by atoms with van der Waals surface area (Å²) >= 11 is 0. The van der Waals surface area contributed by atoms with E-state index in [2.05, 4.69) is 4.18 Å². The van der Waals surface area contributed by atoms with Crippen molar-refractivity contribution >= 4 is 20.2 Å². The zero-order valence-electron chi connectivity index (χ0n) is 25.2. The predicted molar refractivity (Wildman–Crippen MR) is 147 cm³/mol. The van der Waals surface area contributed by atoms with Crippen LogP contribution in [-0.2, 0) is 33.9 Å². The third-order valence-electron chi connectivity index (χ3n) is 3.19. The Morgan fingerprint density at radius 3 is 0.878 bits per heavy atom. The molecule has 13 nitrogen and oxygen atoms in total. The van der Waals surface area contributed by atoms with Gasteiger partial charge in [-0.25, -0.2) is 0 Å². The molecule has 0 fully saturated rings. The van der Waals surface area contributed by atoms with E-state index in [1.807, 2.05) is 104 Å². The fourth-order valence-corrected chi connectivity index (χ4v) is 2.10. The van der Waals surface area contributed by atoms with Gasteiger partial charge in [-0.15, -0.1) is 0 Å². The van der Waals surface area contributed by atoms with Crippen molar-refractivity contribution in [2.45, 2.75) is 58.8 Å². The molecule has 0 rings (SSSR count). The molecule has 0 spiro atoms. The van der Waals surface area contributed by atoms with Crippen molar-refractivity contribution in [1.82, 2.24) is 19.6 Å². The first-order valence-electron chi connectivity index (χ1n) is 11.0. The molecule has 0 unspecified atom stereocenters. The molecule has 0 aromatic carbocycles. The van der Waals surface area contributed by atoms with Gasteiger partial charge in [0.1, 0.15) is 0 Å². The molecule has 0 heterocycles. The lowest BCUT2D eigenvalue weighted by Crippen LogP contribution is -2.42. The number of halogens is 6. The number of rotatable bonds is 9. The van der Waals surface area contributed by atoms with Crippen molar-refractivity contribution < 1.29 is 66.9 Å². The Balaban J connectivity index is -0.0000000727. The van der Waals surface area contributed by atoms with E-state index in [0.29, 0.717) is 7.11 Å². The van der Waals surface area contributed by atoms with Gasteiger partial charge in [0.25, 0.3) is 0 Å². The topological polar surface area (TPSA) is 161 Å². The third-order valence-corrected chi connectivity index (χ3v) is 4.78. The van der Waals surface area contributed by atoms with Crippen LogP contribution < -0.4 is 0 Å². The number of ether oxygens (including phenoxy) is 2. The molecule has 0 saturated carbocycles. The molecule has 0 saturated heterocycles. The Labute approximate surface area is 242 Å². The summed E-state index contributed by atoms with van der Waals surface area (Å²) in [5.41, 5.74) is -10.8. The lowest BCUT2D eigenvalue weighted by molar-refractivity contribution is -0.114. The van der Waals surface area contributed by atoms with E-state index >= 15 is 0 Å². The van der Waals surface area contributed by atoms with Gasteiger partial charge < -0.3 is 14.9 Å². The smallest absolute Gasteiger partial charge is 0.412 e. The second-order valence-corrected chi connectivity index (χ2v) is 10.5. The second-order valence-electron chi connectivity index (χ2n) is 7.41. The first-order chi connectivity index (χ1) is 17.2. The summed E-state index contributed by atoms with van der Waals surface area (Å²) < 4.78 is 124. The Morgan fingerprint density at radius 2 is 0.854 bits per heavy atom. The SMILES string of the molecule is C.CC.CCOC(N(C)C)N(C)C.CCOC(N(C)C)N(C)C.COS(=O)(=O)C(F)(F)F.O.O=S(=O)(O)C(F)(F)F. The van der Waals surface area contributed by atoms with Crippen LogP contribution in [0.2, 0.25) is 0 Å². The number of nitrogens with zero attached hydrogens (tertiary/aromatic N) is 4. The monoisotopic (exact) mass is 670 g/mol. The normalized spacial score (nSPS) is 11.8. The van der Waals surface area contributed by atoms with Gasteiger partial charge >= 0.3 is 31.3 Å². The highest BCUT2D eigenvalue weighted by molar-refractivity contribution is 7.87. The third kappa shape index (κ3) is 30.4. The number of hydrogen-bond acceptors (Lipinski definition) is 11. The summed E-state index contributed by atoms with van der Waals surface area (Å²) in [6.07, 6.45) is 0.204. The number of alkyl halides is 6. The average molecular weight is 671 g/mol. The van der Waals surface area contributed by atoms with Gasteiger partial charge in [0.2, 0.25) is 0 Å². The molecule has 0 aromatic rings. The van der Waals surface area contributed by atoms with Crippen LogP contribution in [0.3, 0.4) is 0 Å². The first kappa shape index (κ1) is 56.0. The summed E-state index contributed by atoms with van der Waals surface area (Å²) in [7, 11) is 5.27. The molecule has 21 heteroatoms. The molecule has 0 aromatic heterocycles. The maximum Gasteiger partial charge on any atom is 0.523 e. The zero-order chi connectivity index (χ0) is 33.0. The summed E-state index contributed by atoms with van der Waals surface area (Å²) in [6.45, 7) is 9.50. The van der Waals surface area contributed by atoms with Crippen LogP contribution in [0.5, 0.6) is 0 Å². The van der Waals surface area contributed by atoms with E-state index in [1.165, 1.54) is 0 Å². The van der Waals surface area contributed by atoms with E-state index in [0.717, 1.165) is 13.2 Å². The van der Waals surface area contributed by atoms with Gasteiger partial charge in [-0.05, 0) is 70.2 Å². The van der Waals surface area contributed by atoms with Gasteiger partial charge in [0.15, 0.2) is 12.7 Å². The van der Waals surface area contributed by atoms with E-state index in [1.54, 1.807) is 0 Å². The quantitative estimate of drug-likeness (QED) is 0.126. The Hall–Kier alpha value is -0.880. The van der Waals surface area contributed by atoms with Crippen LogP contribution >= 0.6 is 0 Å². The highest BCUT2D eigenvalue weighted by Crippen LogP contribution is 2.23. The molecule has 0 radical (unpaired) electrons. The van der Waals surface area contributed by atoms with Crippen molar-refractivity contribution in [1.29, 1.82) is 0 Å². The van der Waals surface area contributed by atoms with Crippen LogP contribution in [0, 0.1) is 0 Å². The van der Waals surface area contributed by atoms with Gasteiger partial charge in [0.05, 0.1) is 7.11 Å². The van der Waals surface area contributed by atoms with Crippen LogP contribution in [0.1, 0.15) is 35.1 Å². The Bertz CT molecular complexity index is 745. The van der Waals surface area contributed by atoms with Gasteiger partial charge in [0, 0.05) is 13.2 Å². The minimum absolute atomic E-state index is 0. The van der Waals surface area contributed by atoms with Crippen LogP contribution in [0.25, 0.3) is 0 Å². The Morgan fingerprint density at radius 1 is 0.659 bits per heavy atom. The van der Waals surface area contributed by atoms with Crippen LogP contribution in [0.15, 0.2) is 0 Å². The minimum Gasteiger partial charge on any atom is -0.412 e. The van der Waals surface area contributed by atoms with E-state index < -0.39 is 31.3 Å². The first-order valence-corrected chi connectivity index (χ1v) is 13.9.